The zero-order valence-electron chi connectivity index (χ0n) is 8.06. The summed E-state index contributed by atoms with van der Waals surface area (Å²) in [5, 5.41) is 19.6. The second-order valence-corrected chi connectivity index (χ2v) is 2.80. The fraction of sp³-hybridized carbons (Fsp3) is 0.286. The van der Waals surface area contributed by atoms with Gasteiger partial charge in [0.05, 0.1) is 10.6 Å². The van der Waals surface area contributed by atoms with E-state index in [-0.39, 0.29) is 12.2 Å². The Kier molecular flexibility index (Phi) is 3.36. The van der Waals surface area contributed by atoms with E-state index in [2.05, 4.69) is 9.72 Å². The Labute approximate surface area is 91.8 Å². The van der Waals surface area contributed by atoms with Crippen molar-refractivity contribution in [3.8, 4) is 11.6 Å². The Morgan fingerprint density at radius 1 is 1.59 bits per heavy atom. The molecule has 0 amide bonds. The van der Waals surface area contributed by atoms with Crippen LogP contribution in [-0.2, 0) is 6.54 Å². The quantitative estimate of drug-likeness (QED) is 0.615. The lowest BCUT2D eigenvalue weighted by Crippen LogP contribution is -2.19. The van der Waals surface area contributed by atoms with Gasteiger partial charge in [-0.1, -0.05) is 0 Å². The largest absolute Gasteiger partial charge is 0.574 e. The normalized spacial score (nSPS) is 11.3. The van der Waals surface area contributed by atoms with E-state index in [1.54, 1.807) is 0 Å². The molecule has 1 heterocycles. The molecule has 0 aliphatic carbocycles. The maximum Gasteiger partial charge on any atom is 0.574 e. The summed E-state index contributed by atoms with van der Waals surface area (Å²) in [6.07, 6.45) is -5.12. The van der Waals surface area contributed by atoms with E-state index in [1.807, 2.05) is 0 Å². The Morgan fingerprint density at radius 2 is 2.18 bits per heavy atom. The van der Waals surface area contributed by atoms with Crippen LogP contribution in [0.3, 0.4) is 0 Å². The number of aromatic hydroxyl groups is 1. The molecule has 1 aromatic heterocycles. The zero-order valence-corrected chi connectivity index (χ0v) is 8.06. The second kappa shape index (κ2) is 4.41. The number of nitrogens with two attached hydrogens (primary N) is 1. The van der Waals surface area contributed by atoms with Crippen molar-refractivity contribution in [1.82, 2.24) is 4.98 Å². The maximum atomic E-state index is 11.9. The first-order valence-corrected chi connectivity index (χ1v) is 4.07. The van der Waals surface area contributed by atoms with Crippen molar-refractivity contribution in [3.63, 3.8) is 0 Å². The van der Waals surface area contributed by atoms with Crippen molar-refractivity contribution < 1.29 is 27.9 Å². The van der Waals surface area contributed by atoms with Crippen molar-refractivity contribution in [1.29, 1.82) is 0 Å². The molecule has 0 unspecified atom stereocenters. The molecule has 1 aromatic rings. The van der Waals surface area contributed by atoms with Gasteiger partial charge < -0.3 is 15.6 Å². The van der Waals surface area contributed by atoms with Gasteiger partial charge >= 0.3 is 12.0 Å². The summed E-state index contributed by atoms with van der Waals surface area (Å²) in [5.41, 5.74) is 3.93. The average molecular weight is 253 g/mol. The number of halogens is 3. The van der Waals surface area contributed by atoms with Gasteiger partial charge in [0.15, 0.2) is 0 Å². The summed E-state index contributed by atoms with van der Waals surface area (Å²) in [7, 11) is 0. The van der Waals surface area contributed by atoms with Gasteiger partial charge in [-0.05, 0) is 0 Å². The van der Waals surface area contributed by atoms with Gasteiger partial charge in [0, 0.05) is 12.6 Å². The van der Waals surface area contributed by atoms with E-state index in [1.165, 1.54) is 0 Å². The van der Waals surface area contributed by atoms with Crippen LogP contribution in [-0.4, -0.2) is 21.4 Å². The van der Waals surface area contributed by atoms with Crippen molar-refractivity contribution in [2.45, 2.75) is 12.9 Å². The summed E-state index contributed by atoms with van der Waals surface area (Å²) in [4.78, 5) is 12.6. The molecule has 1 rings (SSSR count). The zero-order chi connectivity index (χ0) is 13.2. The summed E-state index contributed by atoms with van der Waals surface area (Å²) < 4.78 is 39.1. The standard InChI is InChI=1S/C7H6F3N3O4/c8-7(9,10)17-6-5(14)4(13(15)16)1-3(2-11)12-6/h1,14H,2,11H2. The first kappa shape index (κ1) is 13.0. The van der Waals surface area contributed by atoms with Gasteiger partial charge in [0.25, 0.3) is 11.6 Å². The summed E-state index contributed by atoms with van der Waals surface area (Å²) in [6.45, 7) is -0.338. The third-order valence-corrected chi connectivity index (χ3v) is 1.61. The molecule has 0 bridgehead atoms. The molecule has 0 aromatic carbocycles. The minimum absolute atomic E-state index is 0.214. The minimum atomic E-state index is -5.12. The van der Waals surface area contributed by atoms with Crippen LogP contribution in [0, 0.1) is 10.1 Å². The fourth-order valence-corrected chi connectivity index (χ4v) is 0.976. The highest BCUT2D eigenvalue weighted by Gasteiger charge is 2.35. The molecule has 0 spiro atoms. The Bertz CT molecular complexity index is 449. The van der Waals surface area contributed by atoms with E-state index in [0.717, 1.165) is 6.07 Å². The molecule has 0 atom stereocenters. The third kappa shape index (κ3) is 3.17. The molecule has 17 heavy (non-hydrogen) atoms. The molecule has 0 saturated carbocycles. The van der Waals surface area contributed by atoms with Gasteiger partial charge in [-0.2, -0.15) is 0 Å². The lowest BCUT2D eigenvalue weighted by Gasteiger charge is -2.10. The molecule has 94 valence electrons. The summed E-state index contributed by atoms with van der Waals surface area (Å²) in [5.74, 6) is -2.60. The van der Waals surface area contributed by atoms with Crippen molar-refractivity contribution in [2.24, 2.45) is 5.73 Å². The number of alkyl halides is 3. The molecular formula is C7H6F3N3O4. The molecule has 0 saturated heterocycles. The lowest BCUT2D eigenvalue weighted by molar-refractivity contribution is -0.386. The third-order valence-electron chi connectivity index (χ3n) is 1.61. The highest BCUT2D eigenvalue weighted by Crippen LogP contribution is 2.37. The van der Waals surface area contributed by atoms with Crippen LogP contribution in [0.1, 0.15) is 5.69 Å². The van der Waals surface area contributed by atoms with Gasteiger partial charge in [-0.25, -0.2) is 4.98 Å². The first-order chi connectivity index (χ1) is 7.74. The van der Waals surface area contributed by atoms with E-state index in [9.17, 15) is 28.4 Å². The van der Waals surface area contributed by atoms with Gasteiger partial charge in [0.2, 0.25) is 0 Å². The Hall–Kier alpha value is -2.10. The number of aromatic nitrogens is 1. The summed E-state index contributed by atoms with van der Waals surface area (Å²) in [6, 6.07) is 0.762. The van der Waals surface area contributed by atoms with E-state index in [4.69, 9.17) is 5.73 Å². The van der Waals surface area contributed by atoms with Crippen LogP contribution in [0.2, 0.25) is 0 Å². The number of ether oxygens (including phenoxy) is 1. The first-order valence-electron chi connectivity index (χ1n) is 4.07. The van der Waals surface area contributed by atoms with Gasteiger partial charge in [0.1, 0.15) is 0 Å². The van der Waals surface area contributed by atoms with Crippen molar-refractivity contribution in [2.75, 3.05) is 0 Å². The van der Waals surface area contributed by atoms with Crippen LogP contribution in [0.5, 0.6) is 11.6 Å². The summed E-state index contributed by atoms with van der Waals surface area (Å²) >= 11 is 0. The molecule has 0 aliphatic heterocycles. The van der Waals surface area contributed by atoms with Crippen molar-refractivity contribution in [3.05, 3.63) is 21.9 Å². The molecule has 0 fully saturated rings. The number of nitrogens with zero attached hydrogens (tertiary/aromatic N) is 2. The Balaban J connectivity index is 3.29. The number of nitro groups is 1. The van der Waals surface area contributed by atoms with Crippen LogP contribution < -0.4 is 10.5 Å². The highest BCUT2D eigenvalue weighted by molar-refractivity contribution is 5.52. The monoisotopic (exact) mass is 253 g/mol. The minimum Gasteiger partial charge on any atom is -0.498 e. The number of pyridine rings is 1. The molecule has 7 nitrogen and oxygen atoms in total. The fourth-order valence-electron chi connectivity index (χ4n) is 0.976. The average Bonchev–Trinajstić information content (AvgIpc) is 2.18. The molecule has 3 N–H and O–H groups in total. The lowest BCUT2D eigenvalue weighted by atomic mass is 10.3. The number of hydrogen-bond donors (Lipinski definition) is 2. The Morgan fingerprint density at radius 3 is 2.59 bits per heavy atom. The highest BCUT2D eigenvalue weighted by atomic mass is 19.4. The van der Waals surface area contributed by atoms with Crippen LogP contribution in [0.25, 0.3) is 0 Å². The van der Waals surface area contributed by atoms with E-state index >= 15 is 0 Å². The molecule has 0 aliphatic rings. The maximum absolute atomic E-state index is 11.9. The van der Waals surface area contributed by atoms with Crippen molar-refractivity contribution >= 4 is 5.69 Å². The van der Waals surface area contributed by atoms with E-state index in [0.29, 0.717) is 0 Å². The van der Waals surface area contributed by atoms with Gasteiger partial charge in [-0.15, -0.1) is 13.2 Å². The van der Waals surface area contributed by atoms with Crippen LogP contribution in [0.15, 0.2) is 6.07 Å². The number of hydrogen-bond acceptors (Lipinski definition) is 6. The number of rotatable bonds is 3. The van der Waals surface area contributed by atoms with Crippen LogP contribution in [0.4, 0.5) is 18.9 Å². The second-order valence-electron chi connectivity index (χ2n) is 2.80. The smallest absolute Gasteiger partial charge is 0.498 e. The van der Waals surface area contributed by atoms with E-state index < -0.39 is 28.6 Å². The van der Waals surface area contributed by atoms with Gasteiger partial charge in [-0.3, -0.25) is 10.1 Å². The predicted molar refractivity (Wildman–Crippen MR) is 47.1 cm³/mol. The van der Waals surface area contributed by atoms with Crippen LogP contribution >= 0.6 is 0 Å². The molecule has 0 radical (unpaired) electrons. The SMILES string of the molecule is NCc1cc([N+](=O)[O-])c(O)c(OC(F)(F)F)n1. The molecule has 10 heteroatoms. The molecular weight excluding hydrogens is 247 g/mol. The topological polar surface area (TPSA) is 112 Å². The predicted octanol–water partition coefficient (Wildman–Crippen LogP) is 1.05.